The van der Waals surface area contributed by atoms with Crippen LogP contribution in [0, 0.1) is 0 Å². The average Bonchev–Trinajstić information content (AvgIpc) is 1.61. The normalized spacial score (nSPS) is 9.43. The fraction of sp³-hybridized carbons (Fsp3) is 0.250. The molecule has 0 atom stereocenters. The first-order chi connectivity index (χ1) is 3.27. The third kappa shape index (κ3) is 5.69. The maximum atomic E-state index is 9.91. The maximum Gasteiger partial charge on any atom is 0.307 e. The molecule has 0 unspecified atom stereocenters. The predicted molar refractivity (Wildman–Crippen MR) is 29.8 cm³/mol. The monoisotopic (exact) mass is 164 g/mol. The van der Waals surface area contributed by atoms with Crippen molar-refractivity contribution in [2.45, 2.75) is 6.92 Å². The lowest BCUT2D eigenvalue weighted by molar-refractivity contribution is -0.135. The number of halogens is 1. The Hall–Kier alpha value is -0.310. The lowest BCUT2D eigenvalue weighted by Crippen LogP contribution is -1.88. The molecular weight excluding hydrogens is 160 g/mol. The number of hydrogen-bond acceptors (Lipinski definition) is 2. The van der Waals surface area contributed by atoms with E-state index in [4.69, 9.17) is 0 Å². The first-order valence-electron chi connectivity index (χ1n) is 1.70. The van der Waals surface area contributed by atoms with E-state index in [0.29, 0.717) is 0 Å². The van der Waals surface area contributed by atoms with Crippen molar-refractivity contribution in [2.75, 3.05) is 0 Å². The van der Waals surface area contributed by atoms with Crippen LogP contribution >= 0.6 is 15.9 Å². The molecule has 0 aliphatic rings. The summed E-state index contributed by atoms with van der Waals surface area (Å²) in [5.74, 6) is -0.310. The zero-order chi connectivity index (χ0) is 5.70. The minimum Gasteiger partial charge on any atom is -0.434 e. The minimum atomic E-state index is -0.310. The van der Waals surface area contributed by atoms with E-state index in [-0.39, 0.29) is 5.97 Å². The lowest BCUT2D eigenvalue weighted by Gasteiger charge is -1.84. The Balaban J connectivity index is 3.14. The van der Waals surface area contributed by atoms with Gasteiger partial charge >= 0.3 is 5.97 Å². The minimum absolute atomic E-state index is 0.310. The zero-order valence-corrected chi connectivity index (χ0v) is 5.44. The van der Waals surface area contributed by atoms with E-state index in [1.54, 1.807) is 0 Å². The number of hydrogen-bond donors (Lipinski definition) is 0. The Morgan fingerprint density at radius 3 is 2.57 bits per heavy atom. The fourth-order valence-corrected chi connectivity index (χ4v) is 0.229. The molecule has 2 nitrogen and oxygen atoms in total. The van der Waals surface area contributed by atoms with Crippen LogP contribution in [0.25, 0.3) is 0 Å². The van der Waals surface area contributed by atoms with E-state index in [2.05, 4.69) is 20.7 Å². The fourth-order valence-electron chi connectivity index (χ4n) is 0.122. The molecule has 0 radical (unpaired) electrons. The van der Waals surface area contributed by atoms with Gasteiger partial charge in [0, 0.05) is 11.9 Å². The van der Waals surface area contributed by atoms with Crippen LogP contribution in [0.4, 0.5) is 0 Å². The van der Waals surface area contributed by atoms with E-state index in [9.17, 15) is 4.79 Å². The second kappa shape index (κ2) is 3.87. The summed E-state index contributed by atoms with van der Waals surface area (Å²) >= 11 is 2.92. The largest absolute Gasteiger partial charge is 0.434 e. The summed E-state index contributed by atoms with van der Waals surface area (Å²) < 4.78 is 4.32. The predicted octanol–water partition coefficient (Wildman–Crippen LogP) is 1.42. The van der Waals surface area contributed by atoms with Gasteiger partial charge in [0.1, 0.15) is 6.26 Å². The van der Waals surface area contributed by atoms with Crippen molar-refractivity contribution in [1.29, 1.82) is 0 Å². The summed E-state index contributed by atoms with van der Waals surface area (Å²) in [6.07, 6.45) is 1.27. The summed E-state index contributed by atoms with van der Waals surface area (Å²) in [6.45, 7) is 1.34. The molecule has 0 rings (SSSR count). The summed E-state index contributed by atoms with van der Waals surface area (Å²) in [6, 6.07) is 0. The third-order valence-corrected chi connectivity index (χ3v) is 0.501. The van der Waals surface area contributed by atoms with Crippen LogP contribution in [-0.2, 0) is 9.53 Å². The molecule has 0 amide bonds. The number of rotatable bonds is 1. The molecule has 0 aliphatic carbocycles. The highest BCUT2D eigenvalue weighted by Gasteiger charge is 1.80. The molecule has 40 valence electrons. The van der Waals surface area contributed by atoms with Gasteiger partial charge in [0.05, 0.1) is 0 Å². The molecule has 0 saturated carbocycles. The van der Waals surface area contributed by atoms with Gasteiger partial charge in [0.25, 0.3) is 0 Å². The lowest BCUT2D eigenvalue weighted by atomic mass is 10.8. The molecule has 7 heavy (non-hydrogen) atoms. The van der Waals surface area contributed by atoms with Crippen LogP contribution in [0.3, 0.4) is 0 Å². The van der Waals surface area contributed by atoms with E-state index < -0.39 is 0 Å². The van der Waals surface area contributed by atoms with E-state index in [1.165, 1.54) is 18.2 Å². The third-order valence-electron chi connectivity index (χ3n) is 0.285. The molecule has 3 heteroatoms. The summed E-state index contributed by atoms with van der Waals surface area (Å²) in [5, 5.41) is 0. The van der Waals surface area contributed by atoms with Crippen molar-refractivity contribution >= 4 is 21.9 Å². The van der Waals surface area contributed by atoms with Crippen LogP contribution in [0.15, 0.2) is 11.2 Å². The van der Waals surface area contributed by atoms with Gasteiger partial charge in [-0.05, 0) is 0 Å². The highest BCUT2D eigenvalue weighted by Crippen LogP contribution is 1.83. The van der Waals surface area contributed by atoms with Gasteiger partial charge in [-0.25, -0.2) is 0 Å². The Bertz CT molecular complexity index is 87.7. The standard InChI is InChI=1S/C4H5BrO2/c1-4(6)7-3-2-5/h2-3H,1H3. The van der Waals surface area contributed by atoms with E-state index in [1.807, 2.05) is 0 Å². The van der Waals surface area contributed by atoms with Gasteiger partial charge in [0.15, 0.2) is 0 Å². The molecule has 0 bridgehead atoms. The number of esters is 1. The Labute approximate surface area is 50.3 Å². The Morgan fingerprint density at radius 2 is 2.43 bits per heavy atom. The van der Waals surface area contributed by atoms with Gasteiger partial charge in [0.2, 0.25) is 0 Å². The molecule has 0 aromatic carbocycles. The highest BCUT2D eigenvalue weighted by molar-refractivity contribution is 9.11. The molecule has 0 heterocycles. The molecule has 0 saturated heterocycles. The van der Waals surface area contributed by atoms with Crippen molar-refractivity contribution in [1.82, 2.24) is 0 Å². The smallest absolute Gasteiger partial charge is 0.307 e. The highest BCUT2D eigenvalue weighted by atomic mass is 79.9. The van der Waals surface area contributed by atoms with Gasteiger partial charge in [-0.1, -0.05) is 15.9 Å². The summed E-state index contributed by atoms with van der Waals surface area (Å²) in [5.41, 5.74) is 0. The Kier molecular flexibility index (Phi) is 3.69. The molecule has 0 aromatic rings. The van der Waals surface area contributed by atoms with Crippen LogP contribution in [0.2, 0.25) is 0 Å². The molecular formula is C4H5BrO2. The van der Waals surface area contributed by atoms with Gasteiger partial charge in [-0.2, -0.15) is 0 Å². The van der Waals surface area contributed by atoms with E-state index >= 15 is 0 Å². The van der Waals surface area contributed by atoms with Crippen molar-refractivity contribution in [2.24, 2.45) is 0 Å². The van der Waals surface area contributed by atoms with Crippen LogP contribution in [0.1, 0.15) is 6.92 Å². The van der Waals surface area contributed by atoms with Crippen LogP contribution < -0.4 is 0 Å². The first kappa shape index (κ1) is 6.69. The molecule has 0 aliphatic heterocycles. The van der Waals surface area contributed by atoms with Crippen molar-refractivity contribution in [3.05, 3.63) is 11.2 Å². The Morgan fingerprint density at radius 1 is 1.86 bits per heavy atom. The van der Waals surface area contributed by atoms with Crippen LogP contribution in [0.5, 0.6) is 0 Å². The molecule has 0 N–H and O–H groups in total. The van der Waals surface area contributed by atoms with Gasteiger partial charge < -0.3 is 4.74 Å². The summed E-state index contributed by atoms with van der Waals surface area (Å²) in [7, 11) is 0. The second-order valence-electron chi connectivity index (χ2n) is 0.872. The number of carbonyl (C=O) groups is 1. The quantitative estimate of drug-likeness (QED) is 0.433. The van der Waals surface area contributed by atoms with Crippen molar-refractivity contribution in [3.8, 4) is 0 Å². The summed E-state index contributed by atoms with van der Waals surface area (Å²) in [4.78, 5) is 11.4. The molecule has 0 spiro atoms. The maximum absolute atomic E-state index is 9.91. The zero-order valence-electron chi connectivity index (χ0n) is 3.85. The molecule has 0 aromatic heterocycles. The molecule has 0 fully saturated rings. The number of ether oxygens (including phenoxy) is 1. The van der Waals surface area contributed by atoms with Gasteiger partial charge in [-0.15, -0.1) is 0 Å². The van der Waals surface area contributed by atoms with Crippen molar-refractivity contribution < 1.29 is 9.53 Å². The SMILES string of the molecule is CC(=O)OC=CBr. The van der Waals surface area contributed by atoms with Crippen molar-refractivity contribution in [3.63, 3.8) is 0 Å². The average molecular weight is 165 g/mol. The van der Waals surface area contributed by atoms with E-state index in [0.717, 1.165) is 0 Å². The second-order valence-corrected chi connectivity index (χ2v) is 1.40. The van der Waals surface area contributed by atoms with Gasteiger partial charge in [-0.3, -0.25) is 4.79 Å². The first-order valence-corrected chi connectivity index (χ1v) is 2.61. The topological polar surface area (TPSA) is 26.3 Å². The number of carbonyl (C=O) groups excluding carboxylic acids is 1. The van der Waals surface area contributed by atoms with Crippen LogP contribution in [-0.4, -0.2) is 5.97 Å².